The monoisotopic (exact) mass is 604 g/mol. The fourth-order valence-electron chi connectivity index (χ4n) is 5.10. The van der Waals surface area contributed by atoms with Gasteiger partial charge >= 0.3 is 5.97 Å². The van der Waals surface area contributed by atoms with Gasteiger partial charge in [0.15, 0.2) is 0 Å². The van der Waals surface area contributed by atoms with Crippen LogP contribution in [-0.4, -0.2) is 37.2 Å². The van der Waals surface area contributed by atoms with Crippen LogP contribution in [0.4, 0.5) is 5.69 Å². The first-order valence-electron chi connectivity index (χ1n) is 13.2. The van der Waals surface area contributed by atoms with Crippen LogP contribution in [0.3, 0.4) is 0 Å². The smallest absolute Gasteiger partial charge is 0.330 e. The summed E-state index contributed by atoms with van der Waals surface area (Å²) < 4.78 is 31.6. The van der Waals surface area contributed by atoms with E-state index >= 15 is 0 Å². The Morgan fingerprint density at radius 2 is 1.57 bits per heavy atom. The molecule has 5 rings (SSSR count). The Morgan fingerprint density at radius 3 is 2.26 bits per heavy atom. The van der Waals surface area contributed by atoms with Crippen molar-refractivity contribution in [2.24, 2.45) is 0 Å². The van der Waals surface area contributed by atoms with Gasteiger partial charge in [-0.1, -0.05) is 72.3 Å². The highest BCUT2D eigenvalue weighted by molar-refractivity contribution is 7.92. The van der Waals surface area contributed by atoms with Crippen molar-refractivity contribution in [3.63, 3.8) is 0 Å². The Hall–Kier alpha value is -4.34. The Balaban J connectivity index is 1.21. The molecule has 1 unspecified atom stereocenters. The Labute approximate surface area is 249 Å². The van der Waals surface area contributed by atoms with Gasteiger partial charge in [-0.05, 0) is 58.1 Å². The molecular weight excluding hydrogens is 576 g/mol. The summed E-state index contributed by atoms with van der Waals surface area (Å²) in [5.41, 5.74) is 4.09. The Kier molecular flexibility index (Phi) is 8.24. The fraction of sp³-hybridized carbons (Fsp3) is 0.188. The van der Waals surface area contributed by atoms with Crippen LogP contribution in [0.5, 0.6) is 5.75 Å². The summed E-state index contributed by atoms with van der Waals surface area (Å²) in [6.45, 7) is 0.139. The van der Waals surface area contributed by atoms with E-state index in [-0.39, 0.29) is 25.9 Å². The molecule has 0 spiro atoms. The average molecular weight is 605 g/mol. The van der Waals surface area contributed by atoms with Crippen LogP contribution < -0.4 is 14.8 Å². The van der Waals surface area contributed by atoms with Crippen LogP contribution in [0.1, 0.15) is 22.3 Å². The Bertz CT molecular complexity index is 1740. The van der Waals surface area contributed by atoms with Crippen LogP contribution in [0.2, 0.25) is 5.02 Å². The highest BCUT2D eigenvalue weighted by Gasteiger charge is 2.45. The molecule has 1 aliphatic rings. The molecule has 4 aromatic rings. The topological polar surface area (TPSA) is 122 Å². The average Bonchev–Trinajstić information content (AvgIpc) is 3.31. The molecule has 0 aromatic heterocycles. The lowest BCUT2D eigenvalue weighted by atomic mass is 9.95. The van der Waals surface area contributed by atoms with E-state index in [0.29, 0.717) is 27.6 Å². The number of sulfonamides is 1. The number of halogens is 1. The zero-order valence-electron chi connectivity index (χ0n) is 22.8. The Morgan fingerprint density at radius 1 is 0.905 bits per heavy atom. The third-order valence-electron chi connectivity index (χ3n) is 7.15. The molecule has 0 heterocycles. The van der Waals surface area contributed by atoms with E-state index in [1.165, 1.54) is 0 Å². The summed E-state index contributed by atoms with van der Waals surface area (Å²) in [7, 11) is -3.43. The number of rotatable bonds is 10. The van der Waals surface area contributed by atoms with Crippen molar-refractivity contribution in [2.75, 3.05) is 11.0 Å². The molecule has 0 fully saturated rings. The second-order valence-electron chi connectivity index (χ2n) is 10.4. The van der Waals surface area contributed by atoms with Crippen molar-refractivity contribution < 1.29 is 27.9 Å². The maximum Gasteiger partial charge on any atom is 0.330 e. The number of anilines is 1. The molecule has 0 radical (unpaired) electrons. The van der Waals surface area contributed by atoms with E-state index in [2.05, 4.69) is 10.0 Å². The first kappa shape index (κ1) is 29.2. The van der Waals surface area contributed by atoms with E-state index in [4.69, 9.17) is 16.3 Å². The second-order valence-corrected chi connectivity index (χ2v) is 12.6. The van der Waals surface area contributed by atoms with E-state index in [1.807, 2.05) is 42.5 Å². The van der Waals surface area contributed by atoms with Gasteiger partial charge in [-0.3, -0.25) is 9.52 Å². The lowest BCUT2D eigenvalue weighted by Crippen LogP contribution is -2.55. The van der Waals surface area contributed by atoms with Crippen LogP contribution in [-0.2, 0) is 45.5 Å². The summed E-state index contributed by atoms with van der Waals surface area (Å²) in [4.78, 5) is 25.4. The van der Waals surface area contributed by atoms with E-state index in [0.717, 1.165) is 28.5 Å². The van der Waals surface area contributed by atoms with Crippen LogP contribution >= 0.6 is 11.6 Å². The highest BCUT2D eigenvalue weighted by Crippen LogP contribution is 2.34. The van der Waals surface area contributed by atoms with Crippen molar-refractivity contribution >= 4 is 39.2 Å². The van der Waals surface area contributed by atoms with E-state index in [9.17, 15) is 23.1 Å². The number of ether oxygens (including phenoxy) is 1. The van der Waals surface area contributed by atoms with Crippen molar-refractivity contribution in [3.05, 3.63) is 118 Å². The number of carboxylic acids is 1. The van der Waals surface area contributed by atoms with Gasteiger partial charge in [0.1, 0.15) is 17.9 Å². The maximum atomic E-state index is 13.0. The van der Waals surface area contributed by atoms with E-state index in [1.54, 1.807) is 48.5 Å². The molecule has 1 aliphatic carbocycles. The van der Waals surface area contributed by atoms with Gasteiger partial charge < -0.3 is 15.2 Å². The number of hydrogen-bond acceptors (Lipinski definition) is 5. The number of benzene rings is 4. The molecule has 0 saturated carbocycles. The van der Waals surface area contributed by atoms with Crippen molar-refractivity contribution in [1.29, 1.82) is 0 Å². The van der Waals surface area contributed by atoms with Crippen LogP contribution in [0.15, 0.2) is 91.0 Å². The fourth-order valence-corrected chi connectivity index (χ4v) is 5.82. The predicted octanol–water partition coefficient (Wildman–Crippen LogP) is 5.24. The molecule has 10 heteroatoms. The van der Waals surface area contributed by atoms with E-state index < -0.39 is 27.4 Å². The number of carboxylic acid groups (broad SMARTS) is 1. The zero-order valence-corrected chi connectivity index (χ0v) is 24.3. The van der Waals surface area contributed by atoms with Gasteiger partial charge in [-0.2, -0.15) is 0 Å². The van der Waals surface area contributed by atoms with Gasteiger partial charge in [-0.25, -0.2) is 13.2 Å². The number of carbonyl (C=O) groups is 2. The third kappa shape index (κ3) is 6.92. The number of para-hydroxylation sites is 1. The van der Waals surface area contributed by atoms with Crippen LogP contribution in [0.25, 0.3) is 11.1 Å². The summed E-state index contributed by atoms with van der Waals surface area (Å²) >= 11 is 6.01. The molecule has 1 atom stereocenters. The molecular formula is C32H29ClN2O6S. The minimum absolute atomic E-state index is 0.00277. The molecule has 3 N–H and O–H groups in total. The van der Waals surface area contributed by atoms with Gasteiger partial charge in [0.05, 0.1) is 18.4 Å². The van der Waals surface area contributed by atoms with Gasteiger partial charge in [-0.15, -0.1) is 0 Å². The lowest BCUT2D eigenvalue weighted by Gasteiger charge is -2.25. The largest absolute Gasteiger partial charge is 0.489 e. The first-order valence-corrected chi connectivity index (χ1v) is 15.5. The molecule has 1 amide bonds. The summed E-state index contributed by atoms with van der Waals surface area (Å²) in [5.74, 6) is -0.926. The zero-order chi connectivity index (χ0) is 29.9. The first-order chi connectivity index (χ1) is 20.0. The minimum Gasteiger partial charge on any atom is -0.489 e. The number of carbonyl (C=O) groups excluding carboxylic acids is 1. The van der Waals surface area contributed by atoms with Crippen molar-refractivity contribution in [2.45, 2.75) is 31.4 Å². The number of fused-ring (bicyclic) bond motifs is 1. The van der Waals surface area contributed by atoms with Gasteiger partial charge in [0.2, 0.25) is 15.9 Å². The normalized spacial score (nSPS) is 16.0. The number of nitrogens with one attached hydrogen (secondary N) is 2. The predicted molar refractivity (Wildman–Crippen MR) is 162 cm³/mol. The molecule has 0 bridgehead atoms. The lowest BCUT2D eigenvalue weighted by molar-refractivity contribution is -0.147. The summed E-state index contributed by atoms with van der Waals surface area (Å²) in [6.07, 6.45) is 1.48. The molecule has 8 nitrogen and oxygen atoms in total. The van der Waals surface area contributed by atoms with Gasteiger partial charge in [0.25, 0.3) is 0 Å². The quantitative estimate of drug-likeness (QED) is 0.228. The maximum absolute atomic E-state index is 13.0. The molecule has 42 heavy (non-hydrogen) atoms. The number of amides is 1. The molecule has 0 saturated heterocycles. The highest BCUT2D eigenvalue weighted by atomic mass is 35.5. The summed E-state index contributed by atoms with van der Waals surface area (Å²) in [5, 5.41) is 13.6. The molecule has 0 aliphatic heterocycles. The second kappa shape index (κ2) is 11.9. The number of aliphatic carboxylic acids is 1. The minimum atomic E-state index is -3.43. The van der Waals surface area contributed by atoms with Gasteiger partial charge in [0, 0.05) is 23.4 Å². The standard InChI is InChI=1S/C32H29ClN2O6S/c1-42(39,40)35-29-5-3-2-4-25(29)20-41-28-14-6-21(7-15-28)16-30(36)34-32(31(37)38)18-24-9-8-23(17-26(24)19-32)22-10-12-27(33)13-11-22/h2-15,17,35H,16,18-20H2,1H3,(H,34,36)(H,37,38). The van der Waals surface area contributed by atoms with Crippen molar-refractivity contribution in [1.82, 2.24) is 5.32 Å². The van der Waals surface area contributed by atoms with Crippen molar-refractivity contribution in [3.8, 4) is 16.9 Å². The molecule has 216 valence electrons. The van der Waals surface area contributed by atoms with Crippen LogP contribution in [0, 0.1) is 0 Å². The SMILES string of the molecule is CS(=O)(=O)Nc1ccccc1COc1ccc(CC(=O)NC2(C(=O)O)Cc3ccc(-c4ccc(Cl)cc4)cc3C2)cc1. The summed E-state index contributed by atoms with van der Waals surface area (Å²) in [6, 6.07) is 27.2. The molecule has 4 aromatic carbocycles. The third-order valence-corrected chi connectivity index (χ3v) is 7.99. The number of hydrogen-bond donors (Lipinski definition) is 3.